The topological polar surface area (TPSA) is 0 Å². The monoisotopic (exact) mass is 682 g/mol. The first kappa shape index (κ1) is 30.6. The molecule has 0 radical (unpaired) electrons. The molecule has 0 fully saturated rings. The minimum absolute atomic E-state index is 1.21. The van der Waals surface area contributed by atoms with Crippen LogP contribution in [0.15, 0.2) is 206 Å². The Morgan fingerprint density at radius 1 is 0.185 bits per heavy atom. The molecule has 54 heavy (non-hydrogen) atoms. The Balaban J connectivity index is 1.24. The van der Waals surface area contributed by atoms with Crippen molar-refractivity contribution in [3.63, 3.8) is 0 Å². The summed E-state index contributed by atoms with van der Waals surface area (Å²) in [7, 11) is 0. The predicted molar refractivity (Wildman–Crippen MR) is 233 cm³/mol. The van der Waals surface area contributed by atoms with E-state index >= 15 is 0 Å². The predicted octanol–water partition coefficient (Wildman–Crippen LogP) is 15.3. The maximum Gasteiger partial charge on any atom is -0.00201 e. The molecule has 0 heterocycles. The van der Waals surface area contributed by atoms with E-state index in [1.54, 1.807) is 0 Å². The zero-order valence-electron chi connectivity index (χ0n) is 29.6. The third-order valence-corrected chi connectivity index (χ3v) is 11.4. The van der Waals surface area contributed by atoms with Crippen molar-refractivity contribution < 1.29 is 0 Å². The van der Waals surface area contributed by atoms with Crippen LogP contribution in [0, 0.1) is 0 Å². The molecule has 250 valence electrons. The molecule has 0 saturated heterocycles. The van der Waals surface area contributed by atoms with Gasteiger partial charge in [-0.05, 0) is 127 Å². The minimum Gasteiger partial charge on any atom is -0.0616 e. The maximum absolute atomic E-state index is 2.45. The molecule has 0 bridgehead atoms. The van der Waals surface area contributed by atoms with Gasteiger partial charge in [0.05, 0.1) is 0 Å². The molecule has 0 spiro atoms. The zero-order chi connectivity index (χ0) is 35.6. The van der Waals surface area contributed by atoms with Crippen LogP contribution >= 0.6 is 0 Å². The van der Waals surface area contributed by atoms with E-state index in [9.17, 15) is 0 Å². The van der Waals surface area contributed by atoms with Crippen LogP contribution in [0.5, 0.6) is 0 Å². The first-order valence-electron chi connectivity index (χ1n) is 18.8. The summed E-state index contributed by atoms with van der Waals surface area (Å²) in [6.07, 6.45) is 0. The molecule has 0 amide bonds. The molecule has 0 aliphatic heterocycles. The molecule has 11 aromatic carbocycles. The highest BCUT2D eigenvalue weighted by Gasteiger charge is 2.20. The molecule has 0 N–H and O–H groups in total. The second-order valence-electron chi connectivity index (χ2n) is 14.4. The van der Waals surface area contributed by atoms with E-state index in [4.69, 9.17) is 0 Å². The van der Waals surface area contributed by atoms with Crippen molar-refractivity contribution in [3.05, 3.63) is 206 Å². The highest BCUT2D eigenvalue weighted by Crippen LogP contribution is 2.47. The van der Waals surface area contributed by atoms with Crippen molar-refractivity contribution in [3.8, 4) is 44.5 Å². The van der Waals surface area contributed by atoms with E-state index in [2.05, 4.69) is 206 Å². The molecule has 11 aromatic rings. The van der Waals surface area contributed by atoms with Gasteiger partial charge in [-0.2, -0.15) is 0 Å². The van der Waals surface area contributed by atoms with Gasteiger partial charge < -0.3 is 0 Å². The van der Waals surface area contributed by atoms with Gasteiger partial charge >= 0.3 is 0 Å². The zero-order valence-corrected chi connectivity index (χ0v) is 29.6. The minimum atomic E-state index is 1.21. The van der Waals surface area contributed by atoms with Gasteiger partial charge in [0, 0.05) is 0 Å². The summed E-state index contributed by atoms with van der Waals surface area (Å²) < 4.78 is 0. The molecule has 0 nitrogen and oxygen atoms in total. The van der Waals surface area contributed by atoms with Crippen LogP contribution in [0.3, 0.4) is 0 Å². The van der Waals surface area contributed by atoms with Crippen molar-refractivity contribution in [2.45, 2.75) is 0 Å². The van der Waals surface area contributed by atoms with Gasteiger partial charge in [0.2, 0.25) is 0 Å². The van der Waals surface area contributed by atoms with E-state index in [1.807, 2.05) is 0 Å². The number of fused-ring (bicyclic) bond motifs is 7. The summed E-state index contributed by atoms with van der Waals surface area (Å²) in [5.41, 5.74) is 9.95. The van der Waals surface area contributed by atoms with Gasteiger partial charge in [-0.25, -0.2) is 0 Å². The van der Waals surface area contributed by atoms with Gasteiger partial charge in [-0.1, -0.05) is 188 Å². The fourth-order valence-corrected chi connectivity index (χ4v) is 9.00. The molecule has 0 heteroatoms. The van der Waals surface area contributed by atoms with Crippen LogP contribution in [0.2, 0.25) is 0 Å². The third-order valence-electron chi connectivity index (χ3n) is 11.4. The van der Waals surface area contributed by atoms with Crippen LogP contribution in [-0.4, -0.2) is 0 Å². The lowest BCUT2D eigenvalue weighted by Crippen LogP contribution is -1.93. The van der Waals surface area contributed by atoms with Gasteiger partial charge in [0.15, 0.2) is 0 Å². The molecule has 0 aliphatic rings. The number of rotatable bonds is 4. The summed E-state index contributed by atoms with van der Waals surface area (Å²) in [5.74, 6) is 0. The Morgan fingerprint density at radius 2 is 0.667 bits per heavy atom. The second kappa shape index (κ2) is 12.3. The molecule has 0 aliphatic carbocycles. The summed E-state index contributed by atoms with van der Waals surface area (Å²) in [6, 6.07) is 76.2. The lowest BCUT2D eigenvalue weighted by Gasteiger charge is -2.20. The van der Waals surface area contributed by atoms with Crippen LogP contribution < -0.4 is 0 Å². The lowest BCUT2D eigenvalue weighted by atomic mass is 9.83. The van der Waals surface area contributed by atoms with Crippen LogP contribution in [0.4, 0.5) is 0 Å². The van der Waals surface area contributed by atoms with Crippen LogP contribution in [0.25, 0.3) is 109 Å². The van der Waals surface area contributed by atoms with E-state index in [-0.39, 0.29) is 0 Å². The van der Waals surface area contributed by atoms with Crippen molar-refractivity contribution >= 4 is 64.6 Å². The SMILES string of the molecule is c1cc(-c2c3ccccc3c(-c3cccc4ccccc34)c3ccc(-c4cccc5ccccc45)cc23)cc(-c2cc3ccccc3c3ccccc23)c1. The van der Waals surface area contributed by atoms with E-state index in [1.165, 1.54) is 109 Å². The molecular formula is C54H34. The Kier molecular flexibility index (Phi) is 6.97. The van der Waals surface area contributed by atoms with E-state index < -0.39 is 0 Å². The molecular weight excluding hydrogens is 649 g/mol. The first-order chi connectivity index (χ1) is 26.8. The number of hydrogen-bond acceptors (Lipinski definition) is 0. The molecule has 0 saturated carbocycles. The number of benzene rings is 11. The van der Waals surface area contributed by atoms with Crippen molar-refractivity contribution in [1.82, 2.24) is 0 Å². The Bertz CT molecular complexity index is 3260. The van der Waals surface area contributed by atoms with Gasteiger partial charge in [-0.15, -0.1) is 0 Å². The standard InChI is InChI=1S/C54H34/c1-4-21-41-35(14-1)17-12-28-43(41)39-30-31-50-52(34-39)53(48-26-9-10-27-49(48)54(50)47-29-13-18-36-15-2-5-22-42(36)47)40-20-11-19-37(32-40)51-33-38-16-3-6-23-44(38)45-24-7-8-25-46(45)51/h1-34H. The van der Waals surface area contributed by atoms with Crippen molar-refractivity contribution in [1.29, 1.82) is 0 Å². The average Bonchev–Trinajstić information content (AvgIpc) is 3.24. The van der Waals surface area contributed by atoms with Gasteiger partial charge in [-0.3, -0.25) is 0 Å². The average molecular weight is 683 g/mol. The fraction of sp³-hybridized carbons (Fsp3) is 0. The third kappa shape index (κ3) is 4.78. The second-order valence-corrected chi connectivity index (χ2v) is 14.4. The summed E-state index contributed by atoms with van der Waals surface area (Å²) >= 11 is 0. The molecule has 0 aromatic heterocycles. The summed E-state index contributed by atoms with van der Waals surface area (Å²) in [6.45, 7) is 0. The maximum atomic E-state index is 2.45. The van der Waals surface area contributed by atoms with E-state index in [0.29, 0.717) is 0 Å². The Labute approximate surface area is 314 Å². The summed E-state index contributed by atoms with van der Waals surface area (Å²) in [5, 5.41) is 15.1. The van der Waals surface area contributed by atoms with Crippen molar-refractivity contribution in [2.75, 3.05) is 0 Å². The number of hydrogen-bond donors (Lipinski definition) is 0. The van der Waals surface area contributed by atoms with Crippen molar-refractivity contribution in [2.24, 2.45) is 0 Å². The summed E-state index contributed by atoms with van der Waals surface area (Å²) in [4.78, 5) is 0. The Morgan fingerprint density at radius 3 is 1.41 bits per heavy atom. The highest BCUT2D eigenvalue weighted by molar-refractivity contribution is 6.24. The normalized spacial score (nSPS) is 11.7. The van der Waals surface area contributed by atoms with Crippen LogP contribution in [0.1, 0.15) is 0 Å². The quantitative estimate of drug-likeness (QED) is 0.128. The Hall–Kier alpha value is -7.02. The smallest absolute Gasteiger partial charge is 0.00201 e. The fourth-order valence-electron chi connectivity index (χ4n) is 9.00. The molecule has 11 rings (SSSR count). The van der Waals surface area contributed by atoms with Gasteiger partial charge in [0.1, 0.15) is 0 Å². The van der Waals surface area contributed by atoms with Crippen LogP contribution in [-0.2, 0) is 0 Å². The lowest BCUT2D eigenvalue weighted by molar-refractivity contribution is 1.64. The molecule has 0 atom stereocenters. The largest absolute Gasteiger partial charge is 0.0616 e. The first-order valence-corrected chi connectivity index (χ1v) is 18.8. The highest BCUT2D eigenvalue weighted by atomic mass is 14.2. The van der Waals surface area contributed by atoms with Gasteiger partial charge in [0.25, 0.3) is 0 Å². The van der Waals surface area contributed by atoms with E-state index in [0.717, 1.165) is 0 Å². The molecule has 0 unspecified atom stereocenters.